The molecule has 0 aliphatic carbocycles. The average molecular weight is 329 g/mol. The van der Waals surface area contributed by atoms with Crippen molar-refractivity contribution in [3.63, 3.8) is 0 Å². The Morgan fingerprint density at radius 2 is 1.60 bits per heavy atom. The highest BCUT2D eigenvalue weighted by Crippen LogP contribution is 2.33. The number of hydrogen-bond donors (Lipinski definition) is 0. The van der Waals surface area contributed by atoms with Crippen LogP contribution in [0, 0.1) is 5.92 Å². The third-order valence-corrected chi connectivity index (χ3v) is 5.07. The summed E-state index contributed by atoms with van der Waals surface area (Å²) in [7, 11) is 0. The molecule has 0 aromatic heterocycles. The van der Waals surface area contributed by atoms with Gasteiger partial charge in [-0.15, -0.1) is 0 Å². The minimum atomic E-state index is -0.152. The van der Waals surface area contributed by atoms with Gasteiger partial charge >= 0.3 is 0 Å². The van der Waals surface area contributed by atoms with E-state index in [1.165, 1.54) is 0 Å². The fourth-order valence-electron chi connectivity index (χ4n) is 3.77. The Kier molecular flexibility index (Phi) is 4.06. The molecule has 1 amide bonds. The van der Waals surface area contributed by atoms with Gasteiger partial charge in [0, 0.05) is 30.5 Å². The SMILES string of the molecule is O=CC1CN(C(=O)c2cccc3ccccc23)CC1c1ccccc1. The molecular weight excluding hydrogens is 310 g/mol. The standard InChI is InChI=1S/C22H19NO2/c24-15-18-13-23(14-21(18)17-7-2-1-3-8-17)22(25)20-12-6-10-16-9-4-5-11-19(16)20/h1-12,15,18,21H,13-14H2. The minimum absolute atomic E-state index is 0.00193. The summed E-state index contributed by atoms with van der Waals surface area (Å²) >= 11 is 0. The molecule has 1 heterocycles. The van der Waals surface area contributed by atoms with E-state index < -0.39 is 0 Å². The second-order valence-electron chi connectivity index (χ2n) is 6.55. The van der Waals surface area contributed by atoms with Crippen LogP contribution >= 0.6 is 0 Å². The Balaban J connectivity index is 1.66. The lowest BCUT2D eigenvalue weighted by molar-refractivity contribution is -0.111. The molecule has 1 aliphatic rings. The van der Waals surface area contributed by atoms with Crippen molar-refractivity contribution in [3.05, 3.63) is 83.9 Å². The molecule has 1 aliphatic heterocycles. The molecule has 0 N–H and O–H groups in total. The van der Waals surface area contributed by atoms with E-state index in [1.807, 2.05) is 77.7 Å². The van der Waals surface area contributed by atoms with E-state index in [0.717, 1.165) is 22.6 Å². The van der Waals surface area contributed by atoms with Gasteiger partial charge in [-0.05, 0) is 22.4 Å². The Hall–Kier alpha value is -2.94. The number of carbonyl (C=O) groups is 2. The highest BCUT2D eigenvalue weighted by atomic mass is 16.2. The van der Waals surface area contributed by atoms with Crippen LogP contribution in [0.1, 0.15) is 21.8 Å². The number of nitrogens with zero attached hydrogens (tertiary/aromatic N) is 1. The second kappa shape index (κ2) is 6.52. The van der Waals surface area contributed by atoms with E-state index in [4.69, 9.17) is 0 Å². The first-order chi connectivity index (χ1) is 12.3. The first-order valence-electron chi connectivity index (χ1n) is 8.55. The summed E-state index contributed by atoms with van der Waals surface area (Å²) < 4.78 is 0. The van der Waals surface area contributed by atoms with Gasteiger partial charge in [-0.25, -0.2) is 0 Å². The topological polar surface area (TPSA) is 37.4 Å². The zero-order valence-corrected chi connectivity index (χ0v) is 13.8. The lowest BCUT2D eigenvalue weighted by Crippen LogP contribution is -2.29. The summed E-state index contributed by atoms with van der Waals surface area (Å²) in [5.41, 5.74) is 1.82. The van der Waals surface area contributed by atoms with E-state index in [0.29, 0.717) is 18.7 Å². The Morgan fingerprint density at radius 3 is 2.40 bits per heavy atom. The first kappa shape index (κ1) is 15.6. The maximum Gasteiger partial charge on any atom is 0.254 e. The molecule has 1 saturated heterocycles. The Morgan fingerprint density at radius 1 is 0.880 bits per heavy atom. The summed E-state index contributed by atoms with van der Waals surface area (Å²) in [5, 5.41) is 2.01. The third-order valence-electron chi connectivity index (χ3n) is 5.07. The van der Waals surface area contributed by atoms with Gasteiger partial charge in [0.05, 0.1) is 0 Å². The van der Waals surface area contributed by atoms with Gasteiger partial charge in [-0.3, -0.25) is 4.79 Å². The van der Waals surface area contributed by atoms with E-state index in [-0.39, 0.29) is 17.7 Å². The fourth-order valence-corrected chi connectivity index (χ4v) is 3.77. The molecule has 0 radical (unpaired) electrons. The largest absolute Gasteiger partial charge is 0.337 e. The van der Waals surface area contributed by atoms with Crippen LogP contribution in [0.5, 0.6) is 0 Å². The maximum absolute atomic E-state index is 13.1. The molecule has 3 aromatic carbocycles. The van der Waals surface area contributed by atoms with Crippen molar-refractivity contribution < 1.29 is 9.59 Å². The molecule has 25 heavy (non-hydrogen) atoms. The van der Waals surface area contributed by atoms with E-state index in [2.05, 4.69) is 0 Å². The van der Waals surface area contributed by atoms with Crippen molar-refractivity contribution in [1.82, 2.24) is 4.90 Å². The molecule has 1 fully saturated rings. The molecule has 124 valence electrons. The quantitative estimate of drug-likeness (QED) is 0.684. The minimum Gasteiger partial charge on any atom is -0.337 e. The Bertz CT molecular complexity index is 914. The summed E-state index contributed by atoms with van der Waals surface area (Å²) in [6, 6.07) is 23.7. The maximum atomic E-state index is 13.1. The molecular formula is C22H19NO2. The van der Waals surface area contributed by atoms with Gasteiger partial charge < -0.3 is 9.69 Å². The zero-order chi connectivity index (χ0) is 17.2. The molecule has 0 saturated carbocycles. The third kappa shape index (κ3) is 2.82. The van der Waals surface area contributed by atoms with Crippen molar-refractivity contribution in [3.8, 4) is 0 Å². The fraction of sp³-hybridized carbons (Fsp3) is 0.182. The number of likely N-dealkylation sites (tertiary alicyclic amines) is 1. The molecule has 3 nitrogen and oxygen atoms in total. The number of aldehydes is 1. The van der Waals surface area contributed by atoms with Crippen LogP contribution in [0.3, 0.4) is 0 Å². The molecule has 4 rings (SSSR count). The lowest BCUT2D eigenvalue weighted by Gasteiger charge is -2.18. The van der Waals surface area contributed by atoms with Gasteiger partial charge in [0.1, 0.15) is 6.29 Å². The molecule has 3 heteroatoms. The predicted octanol–water partition coefficient (Wildman–Crippen LogP) is 3.89. The van der Waals surface area contributed by atoms with Crippen LogP contribution in [0.15, 0.2) is 72.8 Å². The molecule has 0 spiro atoms. The number of fused-ring (bicyclic) bond motifs is 1. The molecule has 2 unspecified atom stereocenters. The number of benzene rings is 3. The summed E-state index contributed by atoms with van der Waals surface area (Å²) in [4.78, 5) is 26.5. The number of hydrogen-bond acceptors (Lipinski definition) is 2. The summed E-state index contributed by atoms with van der Waals surface area (Å²) in [6.45, 7) is 1.06. The molecule has 0 bridgehead atoms. The van der Waals surface area contributed by atoms with Crippen molar-refractivity contribution in [1.29, 1.82) is 0 Å². The zero-order valence-electron chi connectivity index (χ0n) is 13.8. The first-order valence-corrected chi connectivity index (χ1v) is 8.55. The Labute approximate surface area is 146 Å². The van der Waals surface area contributed by atoms with Gasteiger partial charge in [0.15, 0.2) is 0 Å². The van der Waals surface area contributed by atoms with E-state index >= 15 is 0 Å². The smallest absolute Gasteiger partial charge is 0.254 e. The van der Waals surface area contributed by atoms with Crippen molar-refractivity contribution in [2.45, 2.75) is 5.92 Å². The van der Waals surface area contributed by atoms with Gasteiger partial charge in [-0.2, -0.15) is 0 Å². The van der Waals surface area contributed by atoms with Crippen molar-refractivity contribution in [2.24, 2.45) is 5.92 Å². The number of amides is 1. The van der Waals surface area contributed by atoms with Gasteiger partial charge in [-0.1, -0.05) is 66.7 Å². The molecule has 3 aromatic rings. The average Bonchev–Trinajstić information content (AvgIpc) is 3.12. The van der Waals surface area contributed by atoms with Crippen LogP contribution in [-0.4, -0.2) is 30.2 Å². The summed E-state index contributed by atoms with van der Waals surface area (Å²) in [6.07, 6.45) is 0.994. The normalized spacial score (nSPS) is 19.9. The van der Waals surface area contributed by atoms with Crippen molar-refractivity contribution in [2.75, 3.05) is 13.1 Å². The van der Waals surface area contributed by atoms with Gasteiger partial charge in [0.25, 0.3) is 5.91 Å². The lowest BCUT2D eigenvalue weighted by atomic mass is 9.90. The monoisotopic (exact) mass is 329 g/mol. The second-order valence-corrected chi connectivity index (χ2v) is 6.55. The van der Waals surface area contributed by atoms with Crippen molar-refractivity contribution >= 4 is 23.0 Å². The number of rotatable bonds is 3. The molecule has 2 atom stereocenters. The summed E-state index contributed by atoms with van der Waals surface area (Å²) in [5.74, 6) is -0.0824. The van der Waals surface area contributed by atoms with E-state index in [1.54, 1.807) is 0 Å². The highest BCUT2D eigenvalue weighted by molar-refractivity contribution is 6.07. The highest BCUT2D eigenvalue weighted by Gasteiger charge is 2.36. The number of carbonyl (C=O) groups excluding carboxylic acids is 2. The van der Waals surface area contributed by atoms with E-state index in [9.17, 15) is 9.59 Å². The van der Waals surface area contributed by atoms with Crippen LogP contribution in [0.4, 0.5) is 0 Å². The van der Waals surface area contributed by atoms with Crippen LogP contribution in [0.25, 0.3) is 10.8 Å². The van der Waals surface area contributed by atoms with Gasteiger partial charge in [0.2, 0.25) is 0 Å². The van der Waals surface area contributed by atoms with Crippen LogP contribution < -0.4 is 0 Å². The van der Waals surface area contributed by atoms with Crippen LogP contribution in [-0.2, 0) is 4.79 Å². The predicted molar refractivity (Wildman–Crippen MR) is 98.6 cm³/mol. The van der Waals surface area contributed by atoms with Crippen LogP contribution in [0.2, 0.25) is 0 Å².